The van der Waals surface area contributed by atoms with Crippen LogP contribution in [0.3, 0.4) is 0 Å². The minimum Gasteiger partial charge on any atom is -0.497 e. The summed E-state index contributed by atoms with van der Waals surface area (Å²) in [4.78, 5) is 12.6. The monoisotopic (exact) mass is 454 g/mol. The zero-order chi connectivity index (χ0) is 23.1. The van der Waals surface area contributed by atoms with E-state index in [9.17, 15) is 13.2 Å². The maximum absolute atomic E-state index is 12.7. The van der Waals surface area contributed by atoms with Gasteiger partial charge in [0.25, 0.3) is 15.9 Å². The van der Waals surface area contributed by atoms with E-state index in [2.05, 4.69) is 10.0 Å². The van der Waals surface area contributed by atoms with Gasteiger partial charge in [-0.3, -0.25) is 9.52 Å². The first-order valence-electron chi connectivity index (χ1n) is 10.0. The van der Waals surface area contributed by atoms with Crippen LogP contribution in [0.1, 0.15) is 21.5 Å². The van der Waals surface area contributed by atoms with Crippen molar-refractivity contribution in [2.24, 2.45) is 0 Å². The molecule has 0 unspecified atom stereocenters. The molecule has 0 spiro atoms. The number of anilines is 1. The number of rotatable bonds is 9. The van der Waals surface area contributed by atoms with Crippen LogP contribution in [-0.2, 0) is 16.4 Å². The van der Waals surface area contributed by atoms with E-state index in [-0.39, 0.29) is 16.4 Å². The minimum atomic E-state index is -3.82. The SMILES string of the molecule is COc1ccc(CCNC(=O)c2cccc(S(=O)(=O)Nc3cccc(C)c3)c2)c(OC)c1. The summed E-state index contributed by atoms with van der Waals surface area (Å²) < 4.78 is 38.6. The van der Waals surface area contributed by atoms with Gasteiger partial charge in [0.05, 0.1) is 19.1 Å². The number of methoxy groups -OCH3 is 2. The van der Waals surface area contributed by atoms with Gasteiger partial charge in [0, 0.05) is 23.9 Å². The molecular weight excluding hydrogens is 428 g/mol. The van der Waals surface area contributed by atoms with Crippen LogP contribution in [0.4, 0.5) is 5.69 Å². The maximum atomic E-state index is 12.7. The molecule has 1 amide bonds. The van der Waals surface area contributed by atoms with Gasteiger partial charge in [0.1, 0.15) is 11.5 Å². The second kappa shape index (κ2) is 10.2. The summed E-state index contributed by atoms with van der Waals surface area (Å²) in [6.07, 6.45) is 0.547. The zero-order valence-electron chi connectivity index (χ0n) is 18.2. The quantitative estimate of drug-likeness (QED) is 0.513. The molecule has 8 heteroatoms. The number of sulfonamides is 1. The van der Waals surface area contributed by atoms with Gasteiger partial charge in [0.2, 0.25) is 0 Å². The molecule has 0 saturated heterocycles. The highest BCUT2D eigenvalue weighted by Crippen LogP contribution is 2.24. The molecule has 3 aromatic rings. The Bertz CT molecular complexity index is 1210. The summed E-state index contributed by atoms with van der Waals surface area (Å²) >= 11 is 0. The first kappa shape index (κ1) is 23.1. The first-order valence-corrected chi connectivity index (χ1v) is 11.5. The number of aryl methyl sites for hydroxylation is 1. The van der Waals surface area contributed by atoms with Crippen molar-refractivity contribution in [1.82, 2.24) is 5.32 Å². The summed E-state index contributed by atoms with van der Waals surface area (Å²) in [7, 11) is -0.664. The molecule has 0 aliphatic heterocycles. The Morgan fingerprint density at radius 2 is 1.72 bits per heavy atom. The minimum absolute atomic E-state index is 0.0171. The second-order valence-electron chi connectivity index (χ2n) is 7.19. The number of benzene rings is 3. The Kier molecular flexibility index (Phi) is 7.37. The predicted molar refractivity (Wildman–Crippen MR) is 124 cm³/mol. The lowest BCUT2D eigenvalue weighted by Gasteiger charge is -2.12. The van der Waals surface area contributed by atoms with Gasteiger partial charge < -0.3 is 14.8 Å². The molecule has 0 aromatic heterocycles. The standard InChI is InChI=1S/C24H26N2O5S/c1-17-6-4-8-20(14-17)26-32(28,29)22-9-5-7-19(15-22)24(27)25-13-12-18-10-11-21(30-2)16-23(18)31-3/h4-11,14-16,26H,12-13H2,1-3H3,(H,25,27). The molecule has 3 rings (SSSR count). The average Bonchev–Trinajstić information content (AvgIpc) is 2.79. The van der Waals surface area contributed by atoms with Crippen LogP contribution in [0.15, 0.2) is 71.6 Å². The molecule has 0 atom stereocenters. The molecule has 0 aliphatic rings. The number of amides is 1. The Balaban J connectivity index is 1.66. The fourth-order valence-corrected chi connectivity index (χ4v) is 4.29. The van der Waals surface area contributed by atoms with E-state index in [1.165, 1.54) is 12.1 Å². The van der Waals surface area contributed by atoms with E-state index in [0.29, 0.717) is 30.2 Å². The van der Waals surface area contributed by atoms with Gasteiger partial charge in [-0.1, -0.05) is 24.3 Å². The normalized spacial score (nSPS) is 11.0. The molecule has 7 nitrogen and oxygen atoms in total. The number of hydrogen-bond donors (Lipinski definition) is 2. The van der Waals surface area contributed by atoms with Crippen LogP contribution < -0.4 is 19.5 Å². The van der Waals surface area contributed by atoms with Crippen molar-refractivity contribution < 1.29 is 22.7 Å². The highest BCUT2D eigenvalue weighted by Gasteiger charge is 2.17. The fraction of sp³-hybridized carbons (Fsp3) is 0.208. The van der Waals surface area contributed by atoms with Gasteiger partial charge in [0.15, 0.2) is 0 Å². The second-order valence-corrected chi connectivity index (χ2v) is 8.87. The summed E-state index contributed by atoms with van der Waals surface area (Å²) in [5.41, 5.74) is 2.59. The Labute approximate surface area is 188 Å². The maximum Gasteiger partial charge on any atom is 0.261 e. The summed E-state index contributed by atoms with van der Waals surface area (Å²) in [6, 6.07) is 18.5. The van der Waals surface area contributed by atoms with Gasteiger partial charge in [-0.2, -0.15) is 0 Å². The van der Waals surface area contributed by atoms with Crippen molar-refractivity contribution in [2.75, 3.05) is 25.5 Å². The third kappa shape index (κ3) is 5.79. The summed E-state index contributed by atoms with van der Waals surface area (Å²) in [6.45, 7) is 2.24. The van der Waals surface area contributed by atoms with Crippen LogP contribution in [0.2, 0.25) is 0 Å². The topological polar surface area (TPSA) is 93.7 Å². The highest BCUT2D eigenvalue weighted by molar-refractivity contribution is 7.92. The molecule has 0 bridgehead atoms. The molecule has 2 N–H and O–H groups in total. The van der Waals surface area contributed by atoms with E-state index >= 15 is 0 Å². The number of carbonyl (C=O) groups is 1. The molecule has 168 valence electrons. The number of hydrogen-bond acceptors (Lipinski definition) is 5. The van der Waals surface area contributed by atoms with Crippen LogP contribution in [0, 0.1) is 6.92 Å². The average molecular weight is 455 g/mol. The number of ether oxygens (including phenoxy) is 2. The zero-order valence-corrected chi connectivity index (χ0v) is 19.0. The lowest BCUT2D eigenvalue weighted by Crippen LogP contribution is -2.26. The molecule has 0 heterocycles. The van der Waals surface area contributed by atoms with Gasteiger partial charge in [-0.15, -0.1) is 0 Å². The van der Waals surface area contributed by atoms with Crippen LogP contribution in [-0.4, -0.2) is 35.1 Å². The molecular formula is C24H26N2O5S. The third-order valence-corrected chi connectivity index (χ3v) is 6.23. The molecule has 0 radical (unpaired) electrons. The number of carbonyl (C=O) groups excluding carboxylic acids is 1. The van der Waals surface area contributed by atoms with Crippen molar-refractivity contribution in [2.45, 2.75) is 18.2 Å². The fourth-order valence-electron chi connectivity index (χ4n) is 3.20. The van der Waals surface area contributed by atoms with E-state index in [4.69, 9.17) is 9.47 Å². The van der Waals surface area contributed by atoms with Crippen molar-refractivity contribution in [3.8, 4) is 11.5 Å². The number of nitrogens with one attached hydrogen (secondary N) is 2. The summed E-state index contributed by atoms with van der Waals surface area (Å²) in [5, 5.41) is 2.82. The Hall–Kier alpha value is -3.52. The molecule has 0 fully saturated rings. The Morgan fingerprint density at radius 1 is 0.938 bits per heavy atom. The Morgan fingerprint density at radius 3 is 2.44 bits per heavy atom. The van der Waals surface area contributed by atoms with E-state index in [1.807, 2.05) is 25.1 Å². The van der Waals surface area contributed by atoms with Crippen molar-refractivity contribution in [3.05, 3.63) is 83.4 Å². The van der Waals surface area contributed by atoms with Crippen LogP contribution >= 0.6 is 0 Å². The van der Waals surface area contributed by atoms with Crippen LogP contribution in [0.5, 0.6) is 11.5 Å². The third-order valence-electron chi connectivity index (χ3n) is 4.85. The van der Waals surface area contributed by atoms with E-state index in [1.54, 1.807) is 50.6 Å². The first-order chi connectivity index (χ1) is 15.3. The van der Waals surface area contributed by atoms with Crippen molar-refractivity contribution in [1.29, 1.82) is 0 Å². The smallest absolute Gasteiger partial charge is 0.261 e. The van der Waals surface area contributed by atoms with Crippen molar-refractivity contribution >= 4 is 21.6 Å². The van der Waals surface area contributed by atoms with Gasteiger partial charge >= 0.3 is 0 Å². The highest BCUT2D eigenvalue weighted by atomic mass is 32.2. The molecule has 32 heavy (non-hydrogen) atoms. The molecule has 0 aliphatic carbocycles. The predicted octanol–water partition coefficient (Wildman–Crippen LogP) is 3.79. The van der Waals surface area contributed by atoms with Crippen LogP contribution in [0.25, 0.3) is 0 Å². The summed E-state index contributed by atoms with van der Waals surface area (Å²) in [5.74, 6) is 1.01. The van der Waals surface area contributed by atoms with Gasteiger partial charge in [-0.05, 0) is 60.9 Å². The van der Waals surface area contributed by atoms with E-state index in [0.717, 1.165) is 11.1 Å². The molecule has 3 aromatic carbocycles. The lowest BCUT2D eigenvalue weighted by molar-refractivity contribution is 0.0954. The largest absolute Gasteiger partial charge is 0.497 e. The van der Waals surface area contributed by atoms with Gasteiger partial charge in [-0.25, -0.2) is 8.42 Å². The molecule has 0 saturated carbocycles. The van der Waals surface area contributed by atoms with E-state index < -0.39 is 10.0 Å². The lowest BCUT2D eigenvalue weighted by atomic mass is 10.1. The van der Waals surface area contributed by atoms with Crippen molar-refractivity contribution in [3.63, 3.8) is 0 Å².